The molecule has 0 saturated carbocycles. The Morgan fingerprint density at radius 1 is 1.05 bits per heavy atom. The van der Waals surface area contributed by atoms with E-state index in [0.29, 0.717) is 45.8 Å². The van der Waals surface area contributed by atoms with E-state index in [9.17, 15) is 22.9 Å². The van der Waals surface area contributed by atoms with Crippen LogP contribution in [0.4, 0.5) is 17.1 Å². The third-order valence-electron chi connectivity index (χ3n) is 5.74. The van der Waals surface area contributed by atoms with Gasteiger partial charge in [0, 0.05) is 22.0 Å². The molecule has 13 heteroatoms. The van der Waals surface area contributed by atoms with Crippen molar-refractivity contribution in [3.05, 3.63) is 81.8 Å². The summed E-state index contributed by atoms with van der Waals surface area (Å²) in [5.74, 6) is -1.07. The number of azo groups is 1. The Kier molecular flexibility index (Phi) is 10.6. The number of aryl methyl sites for hydroxylation is 1. The van der Waals surface area contributed by atoms with Gasteiger partial charge in [-0.25, -0.2) is 0 Å². The van der Waals surface area contributed by atoms with Crippen molar-refractivity contribution in [2.45, 2.75) is 25.2 Å². The first-order valence-corrected chi connectivity index (χ1v) is 13.9. The summed E-state index contributed by atoms with van der Waals surface area (Å²) in [6, 6.07) is 15.7. The van der Waals surface area contributed by atoms with E-state index in [1.54, 1.807) is 56.3 Å². The number of ether oxygens (including phenoxy) is 1. The summed E-state index contributed by atoms with van der Waals surface area (Å²) in [7, 11) is -4.64. The van der Waals surface area contributed by atoms with Gasteiger partial charge >= 0.3 is 29.6 Å². The maximum Gasteiger partial charge on any atom is 1.00 e. The standard InChI is InChI=1S/C27H23Cl2N3O6S.Na/c1-3-15-11-21(24(29)23(12-15)39(35,36)37)31-32-25-18-8-6-5-7-16(18)13-19(26(25)33)27(34)30-20-10-9-17(28)14-22(20)38-4-2;/h5-14,33H,3-4H2,1-2H3,(H,30,34)(H,35,36,37);/q;+1/p-1. The number of carbonyl (C=O) groups is 1. The van der Waals surface area contributed by atoms with Gasteiger partial charge in [0.1, 0.15) is 16.3 Å². The number of benzene rings is 4. The van der Waals surface area contributed by atoms with Gasteiger partial charge in [0.05, 0.1) is 23.0 Å². The Morgan fingerprint density at radius 3 is 2.45 bits per heavy atom. The fraction of sp³-hybridized carbons (Fsp3) is 0.148. The van der Waals surface area contributed by atoms with E-state index in [-0.39, 0.29) is 51.5 Å². The minimum absolute atomic E-state index is 0. The average Bonchev–Trinajstić information content (AvgIpc) is 2.89. The molecular weight excluding hydrogens is 588 g/mol. The number of nitrogens with one attached hydrogen (secondary N) is 1. The zero-order chi connectivity index (χ0) is 28.3. The summed E-state index contributed by atoms with van der Waals surface area (Å²) in [6.07, 6.45) is 0.419. The van der Waals surface area contributed by atoms with Crippen LogP contribution in [-0.4, -0.2) is 25.5 Å². The molecule has 0 saturated heterocycles. The van der Waals surface area contributed by atoms with E-state index < -0.39 is 26.7 Å². The molecule has 0 fully saturated rings. The summed E-state index contributed by atoms with van der Waals surface area (Å²) < 4.78 is 38.8. The van der Waals surface area contributed by atoms with Crippen molar-refractivity contribution in [3.63, 3.8) is 0 Å². The van der Waals surface area contributed by atoms with Crippen LogP contribution in [-0.2, 0) is 16.5 Å². The molecular formula is C27H22Cl2N3NaO6S. The number of fused-ring (bicyclic) bond motifs is 1. The van der Waals surface area contributed by atoms with Crippen molar-refractivity contribution < 1.29 is 57.2 Å². The van der Waals surface area contributed by atoms with Crippen LogP contribution in [0.15, 0.2) is 75.8 Å². The van der Waals surface area contributed by atoms with Crippen molar-refractivity contribution >= 4 is 67.1 Å². The van der Waals surface area contributed by atoms with Gasteiger partial charge in [0.15, 0.2) is 0 Å². The second-order valence-electron chi connectivity index (χ2n) is 8.31. The molecule has 0 heterocycles. The summed E-state index contributed by atoms with van der Waals surface area (Å²) >= 11 is 12.3. The molecule has 4 aromatic carbocycles. The molecule has 0 aliphatic rings. The van der Waals surface area contributed by atoms with Crippen LogP contribution in [0.5, 0.6) is 11.5 Å². The van der Waals surface area contributed by atoms with Gasteiger partial charge in [-0.1, -0.05) is 60.1 Å². The predicted molar refractivity (Wildman–Crippen MR) is 149 cm³/mol. The summed E-state index contributed by atoms with van der Waals surface area (Å²) in [6.45, 7) is 3.89. The third kappa shape index (κ3) is 6.95. The molecule has 0 aliphatic heterocycles. The van der Waals surface area contributed by atoms with Gasteiger partial charge < -0.3 is 15.2 Å². The molecule has 4 rings (SSSR count). The Morgan fingerprint density at radius 2 is 1.77 bits per heavy atom. The SMILES string of the molecule is CCOc1cc(Cl)ccc1NC(=O)c1cc2ccccc2c(N=Nc2cc(CC)cc(S(=O)(=O)O)c2Cl)c1[O-].[Na+]. The van der Waals surface area contributed by atoms with Crippen LogP contribution in [0.3, 0.4) is 0 Å². The molecule has 0 aliphatic carbocycles. The maximum absolute atomic E-state index is 13.5. The predicted octanol–water partition coefficient (Wildman–Crippen LogP) is 4.10. The second kappa shape index (κ2) is 13.3. The van der Waals surface area contributed by atoms with Crippen LogP contribution in [0, 0.1) is 0 Å². The summed E-state index contributed by atoms with van der Waals surface area (Å²) in [5.41, 5.74) is 0.430. The van der Waals surface area contributed by atoms with Crippen molar-refractivity contribution in [3.8, 4) is 11.5 Å². The second-order valence-corrected chi connectivity index (χ2v) is 10.5. The molecule has 2 N–H and O–H groups in total. The van der Waals surface area contributed by atoms with Gasteiger partial charge in [-0.05, 0) is 54.6 Å². The fourth-order valence-electron chi connectivity index (χ4n) is 3.85. The number of amides is 1. The molecule has 202 valence electrons. The Hall–Kier alpha value is -2.70. The van der Waals surface area contributed by atoms with Crippen LogP contribution in [0.2, 0.25) is 10.0 Å². The van der Waals surface area contributed by atoms with Crippen molar-refractivity contribution in [2.24, 2.45) is 10.2 Å². The van der Waals surface area contributed by atoms with Crippen molar-refractivity contribution in [1.82, 2.24) is 0 Å². The van der Waals surface area contributed by atoms with E-state index >= 15 is 0 Å². The first-order valence-electron chi connectivity index (χ1n) is 11.7. The number of hydrogen-bond donors (Lipinski definition) is 2. The number of carbonyl (C=O) groups excluding carboxylic acids is 1. The Bertz CT molecular complexity index is 1730. The minimum atomic E-state index is -4.64. The molecule has 0 unspecified atom stereocenters. The number of halogens is 2. The van der Waals surface area contributed by atoms with E-state index in [4.69, 9.17) is 27.9 Å². The number of hydrogen-bond acceptors (Lipinski definition) is 7. The van der Waals surface area contributed by atoms with E-state index in [1.807, 2.05) is 0 Å². The van der Waals surface area contributed by atoms with Gasteiger partial charge in [0.2, 0.25) is 0 Å². The van der Waals surface area contributed by atoms with Gasteiger partial charge in [0.25, 0.3) is 16.0 Å². The number of rotatable bonds is 8. The molecule has 40 heavy (non-hydrogen) atoms. The summed E-state index contributed by atoms with van der Waals surface area (Å²) in [4.78, 5) is 12.7. The largest absolute Gasteiger partial charge is 1.00 e. The third-order valence-corrected chi connectivity index (χ3v) is 7.36. The minimum Gasteiger partial charge on any atom is -0.870 e. The van der Waals surface area contributed by atoms with Crippen LogP contribution in [0.25, 0.3) is 10.8 Å². The van der Waals surface area contributed by atoms with Crippen molar-refractivity contribution in [2.75, 3.05) is 11.9 Å². The molecule has 0 spiro atoms. The van der Waals surface area contributed by atoms with Gasteiger partial charge in [-0.3, -0.25) is 9.35 Å². The van der Waals surface area contributed by atoms with Crippen LogP contribution in [0.1, 0.15) is 29.8 Å². The monoisotopic (exact) mass is 609 g/mol. The van der Waals surface area contributed by atoms with Crippen molar-refractivity contribution in [1.29, 1.82) is 0 Å². The molecule has 9 nitrogen and oxygen atoms in total. The van der Waals surface area contributed by atoms with Gasteiger partial charge in [-0.2, -0.15) is 13.5 Å². The average molecular weight is 610 g/mol. The Labute approximate surface area is 263 Å². The molecule has 1 amide bonds. The quantitative estimate of drug-likeness (QED) is 0.175. The Balaban J connectivity index is 0.00000441. The first-order chi connectivity index (χ1) is 18.5. The van der Waals surface area contributed by atoms with E-state index in [1.165, 1.54) is 18.2 Å². The maximum atomic E-state index is 13.5. The molecule has 0 atom stereocenters. The summed E-state index contributed by atoms with van der Waals surface area (Å²) in [5, 5.41) is 25.4. The smallest absolute Gasteiger partial charge is 0.870 e. The fourth-order valence-corrected chi connectivity index (χ4v) is 5.08. The molecule has 4 aromatic rings. The van der Waals surface area contributed by atoms with E-state index in [0.717, 1.165) is 0 Å². The number of anilines is 1. The first kappa shape index (κ1) is 31.8. The number of nitrogens with zero attached hydrogens (tertiary/aromatic N) is 2. The van der Waals surface area contributed by atoms with E-state index in [2.05, 4.69) is 15.5 Å². The van der Waals surface area contributed by atoms with Crippen LogP contribution >= 0.6 is 23.2 Å². The van der Waals surface area contributed by atoms with Gasteiger partial charge in [-0.15, -0.1) is 5.11 Å². The molecule has 0 bridgehead atoms. The topological polar surface area (TPSA) is 140 Å². The zero-order valence-electron chi connectivity index (χ0n) is 21.7. The molecule has 0 radical (unpaired) electrons. The molecule has 0 aromatic heterocycles. The zero-order valence-corrected chi connectivity index (χ0v) is 26.1. The van der Waals surface area contributed by atoms with Crippen LogP contribution < -0.4 is 44.7 Å². The normalized spacial score (nSPS) is 11.4.